The van der Waals surface area contributed by atoms with Crippen molar-refractivity contribution in [3.05, 3.63) is 71.8 Å². The number of benzene rings is 2. The van der Waals surface area contributed by atoms with E-state index < -0.39 is 44.5 Å². The van der Waals surface area contributed by atoms with Gasteiger partial charge in [0.15, 0.2) is 0 Å². The number of ether oxygens (including phenoxy) is 4. The van der Waals surface area contributed by atoms with Crippen LogP contribution in [0.4, 0.5) is 13.2 Å². The van der Waals surface area contributed by atoms with Gasteiger partial charge in [-0.15, -0.1) is 0 Å². The Morgan fingerprint density at radius 1 is 0.854 bits per heavy atom. The molecule has 0 spiro atoms. The molecular formula is C30H35F3O8. The first-order valence-corrected chi connectivity index (χ1v) is 13.0. The first-order valence-electron chi connectivity index (χ1n) is 13.0. The Morgan fingerprint density at radius 2 is 1.49 bits per heavy atom. The molecule has 0 fully saturated rings. The van der Waals surface area contributed by atoms with Crippen molar-refractivity contribution in [3.8, 4) is 22.6 Å². The average molecular weight is 581 g/mol. The quantitative estimate of drug-likeness (QED) is 0.115. The third-order valence-corrected chi connectivity index (χ3v) is 5.88. The van der Waals surface area contributed by atoms with Crippen LogP contribution in [0.25, 0.3) is 11.1 Å². The molecule has 0 aromatic heterocycles. The predicted molar refractivity (Wildman–Crippen MR) is 145 cm³/mol. The fourth-order valence-electron chi connectivity index (χ4n) is 3.70. The van der Waals surface area contributed by atoms with Crippen LogP contribution in [0.2, 0.25) is 0 Å². The Morgan fingerprint density at radius 3 is 2.10 bits per heavy atom. The molecule has 224 valence electrons. The van der Waals surface area contributed by atoms with E-state index in [2.05, 4.69) is 13.2 Å². The molecule has 2 aromatic carbocycles. The molecule has 11 heteroatoms. The van der Waals surface area contributed by atoms with Gasteiger partial charge in [0, 0.05) is 12.5 Å². The molecular weight excluding hydrogens is 545 g/mol. The number of rotatable bonds is 17. The van der Waals surface area contributed by atoms with E-state index in [1.165, 1.54) is 0 Å². The molecule has 0 saturated heterocycles. The minimum absolute atomic E-state index is 0.0177. The molecule has 0 radical (unpaired) electrons. The molecule has 0 unspecified atom stereocenters. The highest BCUT2D eigenvalue weighted by Crippen LogP contribution is 2.33. The smallest absolute Gasteiger partial charge is 0.389 e. The van der Waals surface area contributed by atoms with Gasteiger partial charge < -0.3 is 29.2 Å². The van der Waals surface area contributed by atoms with Gasteiger partial charge >= 0.3 is 18.1 Å². The zero-order valence-electron chi connectivity index (χ0n) is 22.9. The summed E-state index contributed by atoms with van der Waals surface area (Å²) < 4.78 is 58.7. The third-order valence-electron chi connectivity index (χ3n) is 5.88. The van der Waals surface area contributed by atoms with Crippen molar-refractivity contribution in [2.75, 3.05) is 33.2 Å². The van der Waals surface area contributed by atoms with E-state index in [-0.39, 0.29) is 30.8 Å². The van der Waals surface area contributed by atoms with Crippen LogP contribution in [0.5, 0.6) is 11.5 Å². The van der Waals surface area contributed by atoms with Gasteiger partial charge in [-0.3, -0.25) is 0 Å². The van der Waals surface area contributed by atoms with Crippen molar-refractivity contribution in [2.45, 2.75) is 45.2 Å². The number of alkyl halides is 3. The van der Waals surface area contributed by atoms with Gasteiger partial charge in [0.25, 0.3) is 0 Å². The highest BCUT2D eigenvalue weighted by Gasteiger charge is 2.25. The second-order valence-electron chi connectivity index (χ2n) is 9.06. The van der Waals surface area contributed by atoms with E-state index in [4.69, 9.17) is 29.2 Å². The highest BCUT2D eigenvalue weighted by atomic mass is 19.4. The maximum atomic E-state index is 12.5. The summed E-state index contributed by atoms with van der Waals surface area (Å²) in [5.74, 6) is -0.903. The van der Waals surface area contributed by atoms with Gasteiger partial charge in [-0.1, -0.05) is 38.3 Å². The van der Waals surface area contributed by atoms with E-state index in [0.29, 0.717) is 36.3 Å². The lowest BCUT2D eigenvalue weighted by Gasteiger charge is -2.16. The number of aliphatic hydroxyl groups excluding tert-OH is 2. The average Bonchev–Trinajstić information content (AvgIpc) is 2.95. The second-order valence-corrected chi connectivity index (χ2v) is 9.06. The third kappa shape index (κ3) is 11.7. The maximum Gasteiger partial charge on any atom is 0.389 e. The minimum Gasteiger partial charge on any atom is -0.490 e. The maximum absolute atomic E-state index is 12.5. The number of hydrogen-bond acceptors (Lipinski definition) is 8. The van der Waals surface area contributed by atoms with Crippen molar-refractivity contribution in [1.29, 1.82) is 0 Å². The summed E-state index contributed by atoms with van der Waals surface area (Å²) in [5.41, 5.74) is 3.23. The van der Waals surface area contributed by atoms with Gasteiger partial charge in [0.1, 0.15) is 24.7 Å². The van der Waals surface area contributed by atoms with E-state index in [1.54, 1.807) is 18.2 Å². The van der Waals surface area contributed by atoms with Crippen molar-refractivity contribution >= 4 is 11.9 Å². The molecule has 0 amide bonds. The largest absolute Gasteiger partial charge is 0.490 e. The van der Waals surface area contributed by atoms with Gasteiger partial charge in [-0.25, -0.2) is 9.59 Å². The summed E-state index contributed by atoms with van der Waals surface area (Å²) in [5, 5.41) is 18.0. The van der Waals surface area contributed by atoms with Crippen LogP contribution in [0.15, 0.2) is 60.7 Å². The van der Waals surface area contributed by atoms with Crippen LogP contribution < -0.4 is 9.47 Å². The lowest BCUT2D eigenvalue weighted by atomic mass is 9.94. The molecule has 0 aliphatic carbocycles. The van der Waals surface area contributed by atoms with E-state index >= 15 is 0 Å². The normalized spacial score (nSPS) is 11.1. The number of halogens is 3. The van der Waals surface area contributed by atoms with Gasteiger partial charge in [-0.05, 0) is 60.1 Å². The summed E-state index contributed by atoms with van der Waals surface area (Å²) in [6.45, 7) is 7.09. The van der Waals surface area contributed by atoms with Crippen molar-refractivity contribution < 1.29 is 51.9 Å². The number of aliphatic hydroxyl groups is 2. The highest BCUT2D eigenvalue weighted by molar-refractivity contribution is 5.88. The Labute approximate surface area is 237 Å². The molecule has 2 N–H and O–H groups in total. The topological polar surface area (TPSA) is 112 Å². The zero-order chi connectivity index (χ0) is 30.4. The lowest BCUT2D eigenvalue weighted by Crippen LogP contribution is -2.15. The van der Waals surface area contributed by atoms with Crippen LogP contribution in [0.3, 0.4) is 0 Å². The van der Waals surface area contributed by atoms with Crippen LogP contribution in [0, 0.1) is 0 Å². The van der Waals surface area contributed by atoms with E-state index in [9.17, 15) is 22.8 Å². The molecule has 0 aliphatic rings. The Bertz CT molecular complexity index is 1210. The van der Waals surface area contributed by atoms with Crippen LogP contribution in [-0.2, 0) is 31.9 Å². The zero-order valence-corrected chi connectivity index (χ0v) is 22.9. The fraction of sp³-hybridized carbons (Fsp3) is 0.400. The molecule has 41 heavy (non-hydrogen) atoms. The van der Waals surface area contributed by atoms with Crippen LogP contribution in [-0.4, -0.2) is 61.5 Å². The fourth-order valence-corrected chi connectivity index (χ4v) is 3.70. The molecule has 0 atom stereocenters. The first kappa shape index (κ1) is 33.4. The molecule has 0 heterocycles. The minimum atomic E-state index is -4.16. The Kier molecular flexibility index (Phi) is 13.4. The molecule has 0 aliphatic heterocycles. The first-order chi connectivity index (χ1) is 19.5. The van der Waals surface area contributed by atoms with E-state index in [1.807, 2.05) is 25.1 Å². The van der Waals surface area contributed by atoms with Gasteiger partial charge in [0.05, 0.1) is 24.4 Å². The predicted octanol–water partition coefficient (Wildman–Crippen LogP) is 5.09. The van der Waals surface area contributed by atoms with Crippen molar-refractivity contribution in [3.63, 3.8) is 0 Å². The Hall–Kier alpha value is -3.83. The van der Waals surface area contributed by atoms with E-state index in [0.717, 1.165) is 16.7 Å². The summed E-state index contributed by atoms with van der Waals surface area (Å²) in [7, 11) is 0. The monoisotopic (exact) mass is 580 g/mol. The number of carbonyl (C=O) groups excluding carboxylic acids is 2. The summed E-state index contributed by atoms with van der Waals surface area (Å²) in [4.78, 5) is 23.4. The number of carbonyl (C=O) groups is 2. The lowest BCUT2D eigenvalue weighted by molar-refractivity contribution is -0.146. The van der Waals surface area contributed by atoms with Gasteiger partial charge in [-0.2, -0.15) is 13.2 Å². The number of hydrogen-bond donors (Lipinski definition) is 2. The van der Waals surface area contributed by atoms with Gasteiger partial charge in [0.2, 0.25) is 6.79 Å². The number of esters is 2. The Balaban J connectivity index is 2.22. The molecule has 2 aromatic rings. The standard InChI is InChI=1S/C30H35F3O8/c1-4-23-13-22(7-5-6-10-30(31,32)33)8-9-27(23)24-14-25(38-11-12-39-28(36)20(2)17-34)16-26(15-24)40-19-41-29(37)21(3)18-35/h8-9,13-16,34-35H,2-7,10-12,17-19H2,1H3. The molecule has 0 bridgehead atoms. The molecule has 2 rings (SSSR count). The summed E-state index contributed by atoms with van der Waals surface area (Å²) in [6, 6.07) is 10.7. The molecule has 0 saturated carbocycles. The van der Waals surface area contributed by atoms with Crippen molar-refractivity contribution in [2.24, 2.45) is 0 Å². The summed E-state index contributed by atoms with van der Waals surface area (Å²) >= 11 is 0. The molecule has 8 nitrogen and oxygen atoms in total. The SMILES string of the molecule is C=C(CO)C(=O)OCCOc1cc(OCOC(=O)C(=C)CO)cc(-c2ccc(CCCCC(F)(F)F)cc2CC)c1. The number of aryl methyl sites for hydroxylation is 2. The van der Waals surface area contributed by atoms with Crippen molar-refractivity contribution in [1.82, 2.24) is 0 Å². The van der Waals surface area contributed by atoms with Crippen LogP contribution in [0.1, 0.15) is 37.3 Å². The number of unbranched alkanes of at least 4 members (excludes halogenated alkanes) is 1. The second kappa shape index (κ2) is 16.4. The van der Waals surface area contributed by atoms with Crippen LogP contribution >= 0.6 is 0 Å². The summed E-state index contributed by atoms with van der Waals surface area (Å²) in [6.07, 6.45) is -3.31.